The van der Waals surface area contributed by atoms with E-state index in [4.69, 9.17) is 14.2 Å². The van der Waals surface area contributed by atoms with E-state index < -0.39 is 0 Å². The Morgan fingerprint density at radius 1 is 0.929 bits per heavy atom. The molecule has 0 spiro atoms. The normalized spacial score (nSPS) is 10.5. The molecule has 28 heavy (non-hydrogen) atoms. The quantitative estimate of drug-likeness (QED) is 0.579. The first-order chi connectivity index (χ1) is 13.8. The summed E-state index contributed by atoms with van der Waals surface area (Å²) in [5.74, 6) is 2.09. The Bertz CT molecular complexity index is 872. The van der Waals surface area contributed by atoms with Crippen molar-refractivity contribution in [1.82, 2.24) is 15.3 Å². The Balaban J connectivity index is 1.61. The molecule has 0 fully saturated rings. The molecule has 6 nitrogen and oxygen atoms in total. The molecule has 6 heteroatoms. The van der Waals surface area contributed by atoms with Gasteiger partial charge in [0.05, 0.1) is 13.7 Å². The van der Waals surface area contributed by atoms with Gasteiger partial charge in [0, 0.05) is 42.8 Å². The molecule has 0 unspecified atom stereocenters. The molecule has 0 atom stereocenters. The second-order valence-corrected chi connectivity index (χ2v) is 6.14. The van der Waals surface area contributed by atoms with Crippen molar-refractivity contribution in [2.75, 3.05) is 13.7 Å². The Morgan fingerprint density at radius 2 is 1.82 bits per heavy atom. The molecule has 1 N–H and O–H groups in total. The fourth-order valence-corrected chi connectivity index (χ4v) is 2.76. The lowest BCUT2D eigenvalue weighted by molar-refractivity contribution is 0.283. The van der Waals surface area contributed by atoms with Crippen molar-refractivity contribution in [3.05, 3.63) is 77.7 Å². The molecule has 2 aromatic heterocycles. The van der Waals surface area contributed by atoms with Gasteiger partial charge in [0.25, 0.3) is 0 Å². The molecule has 0 aliphatic rings. The molecule has 0 bridgehead atoms. The van der Waals surface area contributed by atoms with E-state index in [1.54, 1.807) is 25.7 Å². The number of rotatable bonds is 10. The number of hydrogen-bond donors (Lipinski definition) is 1. The second kappa shape index (κ2) is 10.3. The van der Waals surface area contributed by atoms with E-state index >= 15 is 0 Å². The van der Waals surface area contributed by atoms with E-state index in [0.29, 0.717) is 43.7 Å². The molecule has 146 valence electrons. The summed E-state index contributed by atoms with van der Waals surface area (Å²) >= 11 is 0. The van der Waals surface area contributed by atoms with Gasteiger partial charge in [-0.2, -0.15) is 0 Å². The van der Waals surface area contributed by atoms with Gasteiger partial charge in [-0.15, -0.1) is 0 Å². The van der Waals surface area contributed by atoms with Gasteiger partial charge in [-0.25, -0.2) is 4.98 Å². The number of methoxy groups -OCH3 is 1. The maximum absolute atomic E-state index is 5.95. The highest BCUT2D eigenvalue weighted by molar-refractivity contribution is 5.43. The zero-order valence-corrected chi connectivity index (χ0v) is 16.2. The summed E-state index contributed by atoms with van der Waals surface area (Å²) in [6, 6.07) is 13.7. The Hall–Kier alpha value is -3.12. The first-order valence-corrected chi connectivity index (χ1v) is 9.26. The summed E-state index contributed by atoms with van der Waals surface area (Å²) in [6.07, 6.45) is 5.28. The molecule has 3 aromatic rings. The summed E-state index contributed by atoms with van der Waals surface area (Å²) in [4.78, 5) is 8.39. The molecule has 0 aliphatic heterocycles. The lowest BCUT2D eigenvalue weighted by Crippen LogP contribution is -2.14. The molecular weight excluding hydrogens is 354 g/mol. The molecule has 0 aliphatic carbocycles. The van der Waals surface area contributed by atoms with Gasteiger partial charge in [-0.3, -0.25) is 4.98 Å². The number of benzene rings is 1. The summed E-state index contributed by atoms with van der Waals surface area (Å²) < 4.78 is 16.9. The average Bonchev–Trinajstić information content (AvgIpc) is 2.74. The molecule has 2 heterocycles. The van der Waals surface area contributed by atoms with Gasteiger partial charge in [-0.1, -0.05) is 18.2 Å². The topological polar surface area (TPSA) is 65.5 Å². The summed E-state index contributed by atoms with van der Waals surface area (Å²) in [5, 5.41) is 3.43. The van der Waals surface area contributed by atoms with Crippen molar-refractivity contribution < 1.29 is 14.2 Å². The van der Waals surface area contributed by atoms with Gasteiger partial charge >= 0.3 is 0 Å². The number of hydrogen-bond acceptors (Lipinski definition) is 6. The van der Waals surface area contributed by atoms with E-state index in [1.165, 1.54) is 0 Å². The molecule has 0 amide bonds. The van der Waals surface area contributed by atoms with Crippen LogP contribution < -0.4 is 19.5 Å². The first kappa shape index (κ1) is 19.6. The predicted octanol–water partition coefficient (Wildman–Crippen LogP) is 3.75. The highest BCUT2D eigenvalue weighted by Crippen LogP contribution is 2.29. The molecule has 1 aromatic carbocycles. The van der Waals surface area contributed by atoms with Crippen LogP contribution in [0.3, 0.4) is 0 Å². The molecule has 0 saturated carbocycles. The van der Waals surface area contributed by atoms with Crippen LogP contribution in [0.1, 0.15) is 23.6 Å². The minimum atomic E-state index is 0.439. The van der Waals surface area contributed by atoms with E-state index in [9.17, 15) is 0 Å². The molecule has 3 rings (SSSR count). The van der Waals surface area contributed by atoms with Crippen LogP contribution in [0.5, 0.6) is 17.4 Å². The lowest BCUT2D eigenvalue weighted by Gasteiger charge is -2.13. The lowest BCUT2D eigenvalue weighted by atomic mass is 10.2. The predicted molar refractivity (Wildman–Crippen MR) is 108 cm³/mol. The SMILES string of the molecule is CCOc1ncccc1CNCc1ccc(OC)c(OCc2cccnc2)c1. The largest absolute Gasteiger partial charge is 0.493 e. The van der Waals surface area contributed by atoms with Crippen molar-refractivity contribution >= 4 is 0 Å². The molecular formula is C22H25N3O3. The fraction of sp³-hybridized carbons (Fsp3) is 0.273. The van der Waals surface area contributed by atoms with E-state index in [-0.39, 0.29) is 0 Å². The Morgan fingerprint density at radius 3 is 2.61 bits per heavy atom. The van der Waals surface area contributed by atoms with Gasteiger partial charge < -0.3 is 19.5 Å². The number of pyridine rings is 2. The van der Waals surface area contributed by atoms with Crippen LogP contribution in [0.15, 0.2) is 61.1 Å². The van der Waals surface area contributed by atoms with Crippen molar-refractivity contribution in [3.8, 4) is 17.4 Å². The van der Waals surface area contributed by atoms with Crippen molar-refractivity contribution in [1.29, 1.82) is 0 Å². The van der Waals surface area contributed by atoms with Crippen LogP contribution in [0.4, 0.5) is 0 Å². The summed E-state index contributed by atoms with van der Waals surface area (Å²) in [7, 11) is 1.64. The van der Waals surface area contributed by atoms with Gasteiger partial charge in [0.15, 0.2) is 11.5 Å². The maximum Gasteiger partial charge on any atom is 0.217 e. The smallest absolute Gasteiger partial charge is 0.217 e. The number of ether oxygens (including phenoxy) is 3. The highest BCUT2D eigenvalue weighted by Gasteiger charge is 2.08. The van der Waals surface area contributed by atoms with Crippen LogP contribution in [0.25, 0.3) is 0 Å². The number of nitrogens with one attached hydrogen (secondary N) is 1. The standard InChI is InChI=1S/C22H25N3O3/c1-3-27-22-19(7-5-11-25-22)15-24-13-17-8-9-20(26-2)21(12-17)28-16-18-6-4-10-23-14-18/h4-12,14,24H,3,13,15-16H2,1-2H3. The van der Waals surface area contributed by atoms with Crippen LogP contribution >= 0.6 is 0 Å². The number of aromatic nitrogens is 2. The fourth-order valence-electron chi connectivity index (χ4n) is 2.76. The van der Waals surface area contributed by atoms with Crippen LogP contribution in [0, 0.1) is 0 Å². The van der Waals surface area contributed by atoms with E-state index in [2.05, 4.69) is 15.3 Å². The molecule has 0 radical (unpaired) electrons. The monoisotopic (exact) mass is 379 g/mol. The zero-order chi connectivity index (χ0) is 19.6. The Labute approximate surface area is 165 Å². The van der Waals surface area contributed by atoms with Crippen LogP contribution in [-0.2, 0) is 19.7 Å². The first-order valence-electron chi connectivity index (χ1n) is 9.26. The second-order valence-electron chi connectivity index (χ2n) is 6.14. The van der Waals surface area contributed by atoms with Gasteiger partial charge in [-0.05, 0) is 36.8 Å². The van der Waals surface area contributed by atoms with Crippen LogP contribution in [0.2, 0.25) is 0 Å². The molecule has 0 saturated heterocycles. The van der Waals surface area contributed by atoms with Crippen LogP contribution in [-0.4, -0.2) is 23.7 Å². The van der Waals surface area contributed by atoms with Gasteiger partial charge in [0.2, 0.25) is 5.88 Å². The van der Waals surface area contributed by atoms with Crippen molar-refractivity contribution in [3.63, 3.8) is 0 Å². The number of nitrogens with zero attached hydrogens (tertiary/aromatic N) is 2. The summed E-state index contributed by atoms with van der Waals surface area (Å²) in [5.41, 5.74) is 3.14. The van der Waals surface area contributed by atoms with E-state index in [1.807, 2.05) is 49.4 Å². The van der Waals surface area contributed by atoms with Crippen molar-refractivity contribution in [2.45, 2.75) is 26.6 Å². The highest BCUT2D eigenvalue weighted by atomic mass is 16.5. The third kappa shape index (κ3) is 5.44. The minimum absolute atomic E-state index is 0.439. The average molecular weight is 379 g/mol. The summed E-state index contributed by atoms with van der Waals surface area (Å²) in [6.45, 7) is 4.35. The van der Waals surface area contributed by atoms with Gasteiger partial charge in [0.1, 0.15) is 6.61 Å². The Kier molecular flexibility index (Phi) is 7.21. The van der Waals surface area contributed by atoms with E-state index in [0.717, 1.165) is 16.7 Å². The third-order valence-electron chi connectivity index (χ3n) is 4.12. The third-order valence-corrected chi connectivity index (χ3v) is 4.12. The van der Waals surface area contributed by atoms with Crippen molar-refractivity contribution in [2.24, 2.45) is 0 Å². The maximum atomic E-state index is 5.95. The zero-order valence-electron chi connectivity index (χ0n) is 16.2. The minimum Gasteiger partial charge on any atom is -0.493 e.